The van der Waals surface area contributed by atoms with Crippen LogP contribution in [0.15, 0.2) is 133 Å². The fraction of sp³-hybridized carbons (Fsp3) is 0.0690. The lowest BCUT2D eigenvalue weighted by molar-refractivity contribution is -0.115. The van der Waals surface area contributed by atoms with Crippen molar-refractivity contribution in [2.45, 2.75) is 11.8 Å². The summed E-state index contributed by atoms with van der Waals surface area (Å²) in [4.78, 5) is 13.0. The summed E-state index contributed by atoms with van der Waals surface area (Å²) in [6.45, 7) is 0. The van der Waals surface area contributed by atoms with Crippen LogP contribution < -0.4 is 5.73 Å². The standard InChI is InChI=1S/C29H25NO/c30-28(31)27(22-21-23-13-5-1-6-14-23)29(24-15-7-2-8-16-24,25-17-9-3-10-18-25)26-19-11-4-12-20-26/h1-20,22H,21H2,(H2,30,31). The summed E-state index contributed by atoms with van der Waals surface area (Å²) in [5.74, 6) is -0.424. The van der Waals surface area contributed by atoms with Gasteiger partial charge in [-0.25, -0.2) is 0 Å². The molecular formula is C29H25NO. The van der Waals surface area contributed by atoms with Crippen molar-refractivity contribution in [3.8, 4) is 0 Å². The Balaban J connectivity index is 2.04. The number of carbonyl (C=O) groups is 1. The molecule has 0 aromatic heterocycles. The first kappa shape index (κ1) is 20.4. The number of hydrogen-bond donors (Lipinski definition) is 1. The van der Waals surface area contributed by atoms with Crippen molar-refractivity contribution in [3.05, 3.63) is 155 Å². The van der Waals surface area contributed by atoms with Crippen molar-refractivity contribution in [2.24, 2.45) is 5.73 Å². The van der Waals surface area contributed by atoms with Crippen LogP contribution in [0.25, 0.3) is 0 Å². The number of carbonyl (C=O) groups excluding carboxylic acids is 1. The van der Waals surface area contributed by atoms with Gasteiger partial charge in [0.05, 0.1) is 5.41 Å². The summed E-state index contributed by atoms with van der Waals surface area (Å²) in [7, 11) is 0. The van der Waals surface area contributed by atoms with Gasteiger partial charge in [-0.05, 0) is 28.7 Å². The topological polar surface area (TPSA) is 43.1 Å². The van der Waals surface area contributed by atoms with Gasteiger partial charge >= 0.3 is 0 Å². The molecule has 0 aliphatic carbocycles. The SMILES string of the molecule is NC(=O)C(=CCc1ccccc1)C(c1ccccc1)(c1ccccc1)c1ccccc1. The third-order valence-corrected chi connectivity index (χ3v) is 5.67. The fourth-order valence-electron chi connectivity index (χ4n) is 4.30. The molecule has 0 bridgehead atoms. The molecule has 152 valence electrons. The van der Waals surface area contributed by atoms with E-state index in [-0.39, 0.29) is 0 Å². The zero-order valence-corrected chi connectivity index (χ0v) is 17.3. The van der Waals surface area contributed by atoms with Crippen LogP contribution in [0, 0.1) is 0 Å². The van der Waals surface area contributed by atoms with E-state index < -0.39 is 11.3 Å². The van der Waals surface area contributed by atoms with E-state index in [1.165, 1.54) is 0 Å². The van der Waals surface area contributed by atoms with E-state index in [1.54, 1.807) is 0 Å². The Hall–Kier alpha value is -3.91. The maximum atomic E-state index is 13.0. The molecule has 0 radical (unpaired) electrons. The van der Waals surface area contributed by atoms with Crippen LogP contribution in [0.3, 0.4) is 0 Å². The number of rotatable bonds is 7. The van der Waals surface area contributed by atoms with E-state index in [9.17, 15) is 4.79 Å². The number of nitrogens with two attached hydrogens (primary N) is 1. The number of benzene rings is 4. The third kappa shape index (κ3) is 4.06. The molecule has 0 aliphatic heterocycles. The largest absolute Gasteiger partial charge is 0.366 e. The molecule has 2 nitrogen and oxygen atoms in total. The van der Waals surface area contributed by atoms with Gasteiger partial charge in [0, 0.05) is 5.57 Å². The van der Waals surface area contributed by atoms with Crippen molar-refractivity contribution in [1.29, 1.82) is 0 Å². The van der Waals surface area contributed by atoms with Gasteiger partial charge in [0.15, 0.2) is 0 Å². The van der Waals surface area contributed by atoms with Gasteiger partial charge in [0.1, 0.15) is 0 Å². The van der Waals surface area contributed by atoms with Gasteiger partial charge < -0.3 is 5.73 Å². The average molecular weight is 404 g/mol. The number of allylic oxidation sites excluding steroid dienone is 1. The van der Waals surface area contributed by atoms with E-state index in [4.69, 9.17) is 5.73 Å². The third-order valence-electron chi connectivity index (χ3n) is 5.67. The molecule has 0 spiro atoms. The summed E-state index contributed by atoms with van der Waals surface area (Å²) in [5, 5.41) is 0. The summed E-state index contributed by atoms with van der Waals surface area (Å²) in [6.07, 6.45) is 2.61. The summed E-state index contributed by atoms with van der Waals surface area (Å²) in [5.41, 5.74) is 9.99. The molecule has 2 N–H and O–H groups in total. The Morgan fingerprint density at radius 2 is 0.968 bits per heavy atom. The Labute approximate surface area is 183 Å². The highest BCUT2D eigenvalue weighted by Crippen LogP contribution is 2.45. The first-order valence-corrected chi connectivity index (χ1v) is 10.4. The Morgan fingerprint density at radius 1 is 0.613 bits per heavy atom. The van der Waals surface area contributed by atoms with Crippen molar-refractivity contribution in [1.82, 2.24) is 0 Å². The quantitative estimate of drug-likeness (QED) is 0.313. The molecule has 0 aliphatic rings. The molecule has 0 fully saturated rings. The van der Waals surface area contributed by atoms with Crippen molar-refractivity contribution in [2.75, 3.05) is 0 Å². The Bertz CT molecular complexity index is 1050. The molecule has 31 heavy (non-hydrogen) atoms. The van der Waals surface area contributed by atoms with Gasteiger partial charge in [0.2, 0.25) is 5.91 Å². The lowest BCUT2D eigenvalue weighted by Crippen LogP contribution is -2.38. The molecule has 2 heteroatoms. The Morgan fingerprint density at radius 3 is 1.32 bits per heavy atom. The van der Waals surface area contributed by atoms with Gasteiger partial charge in [0.25, 0.3) is 0 Å². The smallest absolute Gasteiger partial charge is 0.245 e. The second kappa shape index (κ2) is 9.27. The van der Waals surface area contributed by atoms with Crippen molar-refractivity contribution in [3.63, 3.8) is 0 Å². The predicted octanol–water partition coefficient (Wildman–Crippen LogP) is 5.68. The molecule has 0 saturated carbocycles. The van der Waals surface area contributed by atoms with Crippen LogP contribution in [0.5, 0.6) is 0 Å². The van der Waals surface area contributed by atoms with Crippen LogP contribution in [0.2, 0.25) is 0 Å². The molecule has 0 atom stereocenters. The molecule has 4 rings (SSSR count). The van der Waals surface area contributed by atoms with E-state index in [0.717, 1.165) is 22.3 Å². The van der Waals surface area contributed by atoms with Gasteiger partial charge in [-0.15, -0.1) is 0 Å². The summed E-state index contributed by atoms with van der Waals surface area (Å²) >= 11 is 0. The monoisotopic (exact) mass is 403 g/mol. The first-order chi connectivity index (χ1) is 15.2. The second-order valence-electron chi connectivity index (χ2n) is 7.52. The lowest BCUT2D eigenvalue weighted by atomic mass is 9.64. The molecule has 0 unspecified atom stereocenters. The average Bonchev–Trinajstić information content (AvgIpc) is 2.84. The highest BCUT2D eigenvalue weighted by atomic mass is 16.1. The summed E-state index contributed by atoms with van der Waals surface area (Å²) in [6, 6.07) is 40.5. The van der Waals surface area contributed by atoms with Crippen molar-refractivity contribution >= 4 is 5.91 Å². The zero-order valence-electron chi connectivity index (χ0n) is 17.3. The van der Waals surface area contributed by atoms with Crippen molar-refractivity contribution < 1.29 is 4.79 Å². The fourth-order valence-corrected chi connectivity index (χ4v) is 4.30. The maximum absolute atomic E-state index is 13.0. The van der Waals surface area contributed by atoms with Crippen LogP contribution in [0.4, 0.5) is 0 Å². The van der Waals surface area contributed by atoms with Crippen LogP contribution >= 0.6 is 0 Å². The zero-order chi connectivity index (χ0) is 21.5. The molecule has 4 aromatic rings. The molecule has 0 heterocycles. The summed E-state index contributed by atoms with van der Waals surface area (Å²) < 4.78 is 0. The Kier molecular flexibility index (Phi) is 6.09. The van der Waals surface area contributed by atoms with Crippen LogP contribution in [-0.2, 0) is 16.6 Å². The lowest BCUT2D eigenvalue weighted by Gasteiger charge is -2.37. The van der Waals surface area contributed by atoms with Gasteiger partial charge in [-0.1, -0.05) is 127 Å². The normalized spacial score (nSPS) is 11.8. The molecule has 0 saturated heterocycles. The highest BCUT2D eigenvalue weighted by molar-refractivity contribution is 5.97. The van der Waals surface area contributed by atoms with Gasteiger partial charge in [-0.2, -0.15) is 0 Å². The maximum Gasteiger partial charge on any atom is 0.245 e. The minimum atomic E-state index is -0.815. The first-order valence-electron chi connectivity index (χ1n) is 10.4. The molecular weight excluding hydrogens is 378 g/mol. The molecule has 1 amide bonds. The van der Waals surface area contributed by atoms with E-state index in [1.807, 2.05) is 78.9 Å². The number of primary amides is 1. The van der Waals surface area contributed by atoms with Crippen LogP contribution in [0.1, 0.15) is 22.3 Å². The number of amides is 1. The minimum absolute atomic E-state index is 0.424. The van der Waals surface area contributed by atoms with Crippen LogP contribution in [-0.4, -0.2) is 5.91 Å². The van der Waals surface area contributed by atoms with E-state index in [0.29, 0.717) is 12.0 Å². The molecule has 4 aromatic carbocycles. The second-order valence-corrected chi connectivity index (χ2v) is 7.52. The predicted molar refractivity (Wildman–Crippen MR) is 127 cm³/mol. The highest BCUT2D eigenvalue weighted by Gasteiger charge is 2.42. The van der Waals surface area contributed by atoms with Gasteiger partial charge in [-0.3, -0.25) is 4.79 Å². The number of hydrogen-bond acceptors (Lipinski definition) is 1. The van der Waals surface area contributed by atoms with E-state index >= 15 is 0 Å². The minimum Gasteiger partial charge on any atom is -0.366 e. The van der Waals surface area contributed by atoms with E-state index in [2.05, 4.69) is 48.5 Å².